The first-order chi connectivity index (χ1) is 9.63. The van der Waals surface area contributed by atoms with Crippen LogP contribution in [0.4, 0.5) is 5.69 Å². The van der Waals surface area contributed by atoms with Gasteiger partial charge in [0.2, 0.25) is 0 Å². The zero-order valence-corrected chi connectivity index (χ0v) is 12.1. The second-order valence-electron chi connectivity index (χ2n) is 4.80. The minimum Gasteiger partial charge on any atom is -0.461 e. The number of esters is 1. The fourth-order valence-corrected chi connectivity index (χ4v) is 2.30. The van der Waals surface area contributed by atoms with Gasteiger partial charge in [-0.15, -0.1) is 0 Å². The van der Waals surface area contributed by atoms with E-state index < -0.39 is 0 Å². The smallest absolute Gasteiger partial charge is 0.356 e. The van der Waals surface area contributed by atoms with Gasteiger partial charge in [0.05, 0.1) is 6.61 Å². The molecule has 0 saturated carbocycles. The molecule has 0 spiro atoms. The first-order valence-corrected chi connectivity index (χ1v) is 6.85. The first-order valence-electron chi connectivity index (χ1n) is 6.85. The molecule has 0 fully saturated rings. The highest BCUT2D eigenvalue weighted by Gasteiger charge is 2.28. The number of hydrogen-bond acceptors (Lipinski definition) is 4. The molecule has 4 heteroatoms. The Kier molecular flexibility index (Phi) is 4.56. The van der Waals surface area contributed by atoms with Gasteiger partial charge in [0, 0.05) is 23.9 Å². The fourth-order valence-electron chi connectivity index (χ4n) is 2.30. The second-order valence-corrected chi connectivity index (χ2v) is 4.80. The van der Waals surface area contributed by atoms with Crippen LogP contribution in [0.15, 0.2) is 46.6 Å². The minimum absolute atomic E-state index is 0.148. The van der Waals surface area contributed by atoms with Crippen molar-refractivity contribution in [3.8, 4) is 0 Å². The van der Waals surface area contributed by atoms with Crippen LogP contribution in [0.1, 0.15) is 20.8 Å². The second kappa shape index (κ2) is 6.37. The summed E-state index contributed by atoms with van der Waals surface area (Å²) in [5.41, 5.74) is 3.46. The third-order valence-corrected chi connectivity index (χ3v) is 3.44. The van der Waals surface area contributed by atoms with Crippen LogP contribution in [0.25, 0.3) is 0 Å². The molecular formula is C16H20N2O2. The number of anilines is 1. The Morgan fingerprint density at radius 3 is 2.65 bits per heavy atom. The van der Waals surface area contributed by atoms with E-state index in [0.29, 0.717) is 12.3 Å². The molecule has 0 radical (unpaired) electrons. The number of para-hydroxylation sites is 1. The molecule has 0 aromatic heterocycles. The molecule has 0 saturated heterocycles. The zero-order chi connectivity index (χ0) is 14.5. The number of ether oxygens (including phenoxy) is 1. The summed E-state index contributed by atoms with van der Waals surface area (Å²) >= 11 is 0. The summed E-state index contributed by atoms with van der Waals surface area (Å²) in [7, 11) is 0. The van der Waals surface area contributed by atoms with E-state index in [1.165, 1.54) is 0 Å². The standard InChI is InChI=1S/C16H20N2O2/c1-4-20-16(19)15-11(2)14(12(3)18-15)10-17-13-8-6-5-7-9-13/h5-9,14,17H,4,10H2,1-3H3. The third-order valence-electron chi connectivity index (χ3n) is 3.44. The molecule has 1 atom stereocenters. The number of aliphatic imine (C=N–C) groups is 1. The molecule has 1 N–H and O–H groups in total. The maximum Gasteiger partial charge on any atom is 0.356 e. The van der Waals surface area contributed by atoms with Gasteiger partial charge in [-0.05, 0) is 38.5 Å². The predicted octanol–water partition coefficient (Wildman–Crippen LogP) is 3.03. The van der Waals surface area contributed by atoms with Crippen molar-refractivity contribution in [3.05, 3.63) is 41.6 Å². The van der Waals surface area contributed by atoms with Crippen molar-refractivity contribution in [1.82, 2.24) is 0 Å². The van der Waals surface area contributed by atoms with Crippen LogP contribution in [0, 0.1) is 5.92 Å². The molecule has 1 unspecified atom stereocenters. The van der Waals surface area contributed by atoms with E-state index in [1.807, 2.05) is 44.2 Å². The molecule has 2 rings (SSSR count). The average Bonchev–Trinajstić information content (AvgIpc) is 2.73. The van der Waals surface area contributed by atoms with Crippen LogP contribution in [0.5, 0.6) is 0 Å². The van der Waals surface area contributed by atoms with Gasteiger partial charge in [-0.2, -0.15) is 0 Å². The average molecular weight is 272 g/mol. The lowest BCUT2D eigenvalue weighted by atomic mass is 9.97. The molecule has 1 aliphatic rings. The molecule has 0 aliphatic carbocycles. The van der Waals surface area contributed by atoms with Crippen LogP contribution in [-0.2, 0) is 9.53 Å². The highest BCUT2D eigenvalue weighted by Crippen LogP contribution is 2.27. The van der Waals surface area contributed by atoms with Crippen LogP contribution in [0.3, 0.4) is 0 Å². The van der Waals surface area contributed by atoms with E-state index in [1.54, 1.807) is 6.92 Å². The summed E-state index contributed by atoms with van der Waals surface area (Å²) in [5, 5.41) is 3.37. The monoisotopic (exact) mass is 272 g/mol. The number of benzene rings is 1. The third kappa shape index (κ3) is 3.07. The van der Waals surface area contributed by atoms with Gasteiger partial charge in [-0.1, -0.05) is 18.2 Å². The minimum atomic E-state index is -0.327. The summed E-state index contributed by atoms with van der Waals surface area (Å²) < 4.78 is 5.03. The Morgan fingerprint density at radius 1 is 1.30 bits per heavy atom. The van der Waals surface area contributed by atoms with Gasteiger partial charge in [0.25, 0.3) is 0 Å². The summed E-state index contributed by atoms with van der Waals surface area (Å²) in [4.78, 5) is 16.2. The Balaban J connectivity index is 2.05. The molecule has 1 aliphatic heterocycles. The van der Waals surface area contributed by atoms with Gasteiger partial charge < -0.3 is 10.1 Å². The van der Waals surface area contributed by atoms with Crippen molar-refractivity contribution in [3.63, 3.8) is 0 Å². The van der Waals surface area contributed by atoms with Gasteiger partial charge in [0.1, 0.15) is 5.70 Å². The van der Waals surface area contributed by atoms with Gasteiger partial charge in [0.15, 0.2) is 0 Å². The summed E-state index contributed by atoms with van der Waals surface area (Å²) in [6, 6.07) is 10.0. The maximum atomic E-state index is 11.8. The number of hydrogen-bond donors (Lipinski definition) is 1. The fraction of sp³-hybridized carbons (Fsp3) is 0.375. The predicted molar refractivity (Wildman–Crippen MR) is 80.9 cm³/mol. The van der Waals surface area contributed by atoms with Crippen molar-refractivity contribution in [2.75, 3.05) is 18.5 Å². The molecular weight excluding hydrogens is 252 g/mol. The van der Waals surface area contributed by atoms with Gasteiger partial charge in [-0.25, -0.2) is 9.79 Å². The highest BCUT2D eigenvalue weighted by atomic mass is 16.5. The lowest BCUT2D eigenvalue weighted by molar-refractivity contribution is -0.138. The molecule has 106 valence electrons. The normalized spacial score (nSPS) is 17.9. The van der Waals surface area contributed by atoms with E-state index in [-0.39, 0.29) is 11.9 Å². The maximum absolute atomic E-state index is 11.8. The highest BCUT2D eigenvalue weighted by molar-refractivity contribution is 6.00. The first kappa shape index (κ1) is 14.3. The zero-order valence-electron chi connectivity index (χ0n) is 12.1. The molecule has 20 heavy (non-hydrogen) atoms. The largest absolute Gasteiger partial charge is 0.461 e. The van der Waals surface area contributed by atoms with Gasteiger partial charge in [-0.3, -0.25) is 0 Å². The van der Waals surface area contributed by atoms with Crippen molar-refractivity contribution in [2.24, 2.45) is 10.9 Å². The van der Waals surface area contributed by atoms with Crippen LogP contribution >= 0.6 is 0 Å². The van der Waals surface area contributed by atoms with Crippen molar-refractivity contribution in [1.29, 1.82) is 0 Å². The Hall–Kier alpha value is -2.10. The molecule has 1 aromatic carbocycles. The Labute approximate surface area is 119 Å². The SMILES string of the molecule is CCOC(=O)C1=C(C)C(CNc2ccccc2)C(C)=N1. The van der Waals surface area contributed by atoms with E-state index in [0.717, 1.165) is 23.5 Å². The molecule has 1 heterocycles. The van der Waals surface area contributed by atoms with Crippen molar-refractivity contribution in [2.45, 2.75) is 20.8 Å². The summed E-state index contributed by atoms with van der Waals surface area (Å²) in [6.45, 7) is 6.80. The van der Waals surface area contributed by atoms with E-state index >= 15 is 0 Å². The van der Waals surface area contributed by atoms with Crippen LogP contribution in [0.2, 0.25) is 0 Å². The van der Waals surface area contributed by atoms with E-state index in [9.17, 15) is 4.79 Å². The van der Waals surface area contributed by atoms with Crippen LogP contribution in [-0.4, -0.2) is 24.8 Å². The number of rotatable bonds is 5. The van der Waals surface area contributed by atoms with E-state index in [4.69, 9.17) is 4.74 Å². The number of carbonyl (C=O) groups excluding carboxylic acids is 1. The number of nitrogens with zero attached hydrogens (tertiary/aromatic N) is 1. The lowest BCUT2D eigenvalue weighted by Gasteiger charge is -2.14. The van der Waals surface area contributed by atoms with Crippen molar-refractivity contribution >= 4 is 17.4 Å². The Bertz CT molecular complexity index is 547. The molecule has 0 bridgehead atoms. The quantitative estimate of drug-likeness (QED) is 0.838. The topological polar surface area (TPSA) is 50.7 Å². The van der Waals surface area contributed by atoms with Crippen molar-refractivity contribution < 1.29 is 9.53 Å². The van der Waals surface area contributed by atoms with Gasteiger partial charge >= 0.3 is 5.97 Å². The van der Waals surface area contributed by atoms with E-state index in [2.05, 4.69) is 10.3 Å². The molecule has 4 nitrogen and oxygen atoms in total. The number of carbonyl (C=O) groups is 1. The summed E-state index contributed by atoms with van der Waals surface area (Å²) in [5.74, 6) is -0.179. The van der Waals surface area contributed by atoms with Crippen LogP contribution < -0.4 is 5.32 Å². The number of nitrogens with one attached hydrogen (secondary N) is 1. The Morgan fingerprint density at radius 2 is 2.00 bits per heavy atom. The molecule has 1 aromatic rings. The molecule has 0 amide bonds. The lowest BCUT2D eigenvalue weighted by Crippen LogP contribution is -2.20. The summed E-state index contributed by atoms with van der Waals surface area (Å²) in [6.07, 6.45) is 0.